The highest BCUT2D eigenvalue weighted by atomic mass is 35.5. The molecule has 0 saturated carbocycles. The van der Waals surface area contributed by atoms with Crippen molar-refractivity contribution in [2.45, 2.75) is 23.7 Å². The number of halogens is 2. The summed E-state index contributed by atoms with van der Waals surface area (Å²) < 4.78 is 0. The molecule has 1 aliphatic rings. The van der Waals surface area contributed by atoms with Crippen LogP contribution in [0.2, 0.25) is 0 Å². The molecule has 3 nitrogen and oxygen atoms in total. The second-order valence-electron chi connectivity index (χ2n) is 4.00. The Kier molecular flexibility index (Phi) is 3.40. The average molecular weight is 272 g/mol. The first kappa shape index (κ1) is 12.4. The largest absolute Gasteiger partial charge is 0.346 e. The van der Waals surface area contributed by atoms with Gasteiger partial charge in [0.1, 0.15) is 10.8 Å². The topological polar surface area (TPSA) is 46.2 Å². The van der Waals surface area contributed by atoms with Crippen LogP contribution in [0.4, 0.5) is 0 Å². The van der Waals surface area contributed by atoms with Crippen molar-refractivity contribution in [3.05, 3.63) is 35.4 Å². The Morgan fingerprint density at radius 1 is 1.24 bits per heavy atom. The molecule has 1 aliphatic heterocycles. The molecule has 5 heteroatoms. The lowest BCUT2D eigenvalue weighted by molar-refractivity contribution is -0.124. The predicted molar refractivity (Wildman–Crippen MR) is 66.2 cm³/mol. The van der Waals surface area contributed by atoms with Gasteiger partial charge in [-0.3, -0.25) is 9.59 Å². The van der Waals surface area contributed by atoms with E-state index in [9.17, 15) is 9.59 Å². The molecule has 1 aromatic rings. The van der Waals surface area contributed by atoms with Gasteiger partial charge < -0.3 is 5.32 Å². The van der Waals surface area contributed by atoms with Gasteiger partial charge in [-0.15, -0.1) is 23.2 Å². The molecule has 17 heavy (non-hydrogen) atoms. The second-order valence-corrected chi connectivity index (χ2v) is 5.09. The lowest BCUT2D eigenvalue weighted by atomic mass is 9.91. The molecule has 0 aliphatic carbocycles. The van der Waals surface area contributed by atoms with Gasteiger partial charge in [0, 0.05) is 0 Å². The fraction of sp³-hybridized carbons (Fsp3) is 0.333. The van der Waals surface area contributed by atoms with Crippen LogP contribution in [-0.2, 0) is 9.59 Å². The van der Waals surface area contributed by atoms with E-state index in [4.69, 9.17) is 23.2 Å². The summed E-state index contributed by atoms with van der Waals surface area (Å²) in [5.41, 5.74) is 1.20. The predicted octanol–water partition coefficient (Wildman–Crippen LogP) is 2.33. The maximum Gasteiger partial charge on any atom is 0.235 e. The van der Waals surface area contributed by atoms with Gasteiger partial charge in [0.25, 0.3) is 0 Å². The van der Waals surface area contributed by atoms with Gasteiger partial charge in [-0.2, -0.15) is 0 Å². The number of hydrogen-bond donors (Lipinski definition) is 1. The van der Waals surface area contributed by atoms with Crippen molar-refractivity contribution in [1.82, 2.24) is 5.32 Å². The van der Waals surface area contributed by atoms with E-state index < -0.39 is 16.8 Å². The van der Waals surface area contributed by atoms with Crippen LogP contribution in [0.1, 0.15) is 28.8 Å². The summed E-state index contributed by atoms with van der Waals surface area (Å²) >= 11 is 11.7. The van der Waals surface area contributed by atoms with E-state index in [0.717, 1.165) is 0 Å². The standard InChI is InChI=1S/C12H11Cl2NO2/c1-6-10(16)9(12(17)15-6)7-4-2-3-5-8(7)11(13)14/h2-6,9,11H,1H3,(H,15,17). The van der Waals surface area contributed by atoms with Crippen LogP contribution >= 0.6 is 23.2 Å². The van der Waals surface area contributed by atoms with Crippen LogP contribution in [0, 0.1) is 0 Å². The zero-order valence-electron chi connectivity index (χ0n) is 9.11. The Morgan fingerprint density at radius 3 is 2.41 bits per heavy atom. The number of benzene rings is 1. The molecule has 0 aromatic heterocycles. The monoisotopic (exact) mass is 271 g/mol. The maximum absolute atomic E-state index is 11.9. The Labute approximate surface area is 109 Å². The summed E-state index contributed by atoms with van der Waals surface area (Å²) in [4.78, 5) is 22.9. The van der Waals surface area contributed by atoms with Crippen LogP contribution in [0.3, 0.4) is 0 Å². The molecule has 2 unspecified atom stereocenters. The SMILES string of the molecule is CC1NC(=O)C(c2ccccc2C(Cl)Cl)C1=O. The Morgan fingerprint density at radius 2 is 1.88 bits per heavy atom. The molecular weight excluding hydrogens is 261 g/mol. The van der Waals surface area contributed by atoms with Gasteiger partial charge in [-0.1, -0.05) is 24.3 Å². The Bertz CT molecular complexity index is 473. The van der Waals surface area contributed by atoms with Crippen molar-refractivity contribution < 1.29 is 9.59 Å². The lowest BCUT2D eigenvalue weighted by Gasteiger charge is -2.13. The van der Waals surface area contributed by atoms with Crippen molar-refractivity contribution in [3.63, 3.8) is 0 Å². The number of hydrogen-bond acceptors (Lipinski definition) is 2. The van der Waals surface area contributed by atoms with Gasteiger partial charge >= 0.3 is 0 Å². The zero-order chi connectivity index (χ0) is 12.6. The summed E-state index contributed by atoms with van der Waals surface area (Å²) in [6.07, 6.45) is 0. The fourth-order valence-corrected chi connectivity index (χ4v) is 2.41. The second kappa shape index (κ2) is 4.67. The molecule has 1 fully saturated rings. The van der Waals surface area contributed by atoms with E-state index in [1.54, 1.807) is 31.2 Å². The number of carbonyl (C=O) groups excluding carboxylic acids is 2. The molecule has 0 radical (unpaired) electrons. The normalized spacial score (nSPS) is 24.2. The van der Waals surface area contributed by atoms with Crippen molar-refractivity contribution >= 4 is 34.9 Å². The van der Waals surface area contributed by atoms with Crippen LogP contribution in [0.15, 0.2) is 24.3 Å². The van der Waals surface area contributed by atoms with E-state index >= 15 is 0 Å². The van der Waals surface area contributed by atoms with Crippen molar-refractivity contribution in [2.24, 2.45) is 0 Å². The minimum atomic E-state index is -0.791. The molecule has 0 spiro atoms. The zero-order valence-corrected chi connectivity index (χ0v) is 10.6. The summed E-state index contributed by atoms with van der Waals surface area (Å²) in [5.74, 6) is -1.22. The first-order valence-electron chi connectivity index (χ1n) is 5.23. The molecule has 0 bridgehead atoms. The first-order valence-corrected chi connectivity index (χ1v) is 6.10. The average Bonchev–Trinajstić information content (AvgIpc) is 2.53. The fourth-order valence-electron chi connectivity index (χ4n) is 2.01. The molecule has 1 aromatic carbocycles. The van der Waals surface area contributed by atoms with Gasteiger partial charge in [-0.05, 0) is 18.1 Å². The quantitative estimate of drug-likeness (QED) is 0.663. The minimum Gasteiger partial charge on any atom is -0.346 e. The third-order valence-electron chi connectivity index (χ3n) is 2.87. The molecule has 2 atom stereocenters. The summed E-state index contributed by atoms with van der Waals surface area (Å²) in [6, 6.07) is 6.52. The molecule has 2 rings (SSSR count). The Hall–Kier alpha value is -1.06. The molecule has 1 heterocycles. The van der Waals surface area contributed by atoms with Crippen molar-refractivity contribution in [3.8, 4) is 0 Å². The van der Waals surface area contributed by atoms with Crippen LogP contribution in [0.25, 0.3) is 0 Å². The van der Waals surface area contributed by atoms with Crippen LogP contribution in [-0.4, -0.2) is 17.7 Å². The van der Waals surface area contributed by atoms with E-state index in [2.05, 4.69) is 5.32 Å². The first-order chi connectivity index (χ1) is 8.02. The van der Waals surface area contributed by atoms with Gasteiger partial charge in [0.2, 0.25) is 5.91 Å². The molecule has 1 saturated heterocycles. The molecule has 1 N–H and O–H groups in total. The highest BCUT2D eigenvalue weighted by Crippen LogP contribution is 2.34. The summed E-state index contributed by atoms with van der Waals surface area (Å²) in [7, 11) is 0. The summed E-state index contributed by atoms with van der Waals surface area (Å²) in [5, 5.41) is 2.61. The Balaban J connectivity index is 2.47. The third kappa shape index (κ3) is 2.17. The number of ketones is 1. The number of Topliss-reactive ketones (excluding diaryl/α,β-unsaturated/α-hetero) is 1. The van der Waals surface area contributed by atoms with Crippen LogP contribution in [0.5, 0.6) is 0 Å². The highest BCUT2D eigenvalue weighted by molar-refractivity contribution is 6.44. The smallest absolute Gasteiger partial charge is 0.235 e. The minimum absolute atomic E-state index is 0.142. The maximum atomic E-state index is 11.9. The molecule has 90 valence electrons. The van der Waals surface area contributed by atoms with Gasteiger partial charge in [0.05, 0.1) is 6.04 Å². The van der Waals surface area contributed by atoms with E-state index in [-0.39, 0.29) is 11.7 Å². The lowest BCUT2D eigenvalue weighted by Crippen LogP contribution is -2.25. The number of rotatable bonds is 2. The number of amides is 1. The van der Waals surface area contributed by atoms with Crippen LogP contribution < -0.4 is 5.32 Å². The van der Waals surface area contributed by atoms with Gasteiger partial charge in [-0.25, -0.2) is 0 Å². The third-order valence-corrected chi connectivity index (χ3v) is 3.34. The van der Waals surface area contributed by atoms with E-state index in [1.807, 2.05) is 0 Å². The molecule has 1 amide bonds. The summed E-state index contributed by atoms with van der Waals surface area (Å²) in [6.45, 7) is 1.67. The molecular formula is C12H11Cl2NO2. The van der Waals surface area contributed by atoms with Gasteiger partial charge in [0.15, 0.2) is 5.78 Å². The van der Waals surface area contributed by atoms with Crippen molar-refractivity contribution in [1.29, 1.82) is 0 Å². The number of carbonyl (C=O) groups is 2. The van der Waals surface area contributed by atoms with E-state index in [1.165, 1.54) is 0 Å². The van der Waals surface area contributed by atoms with E-state index in [0.29, 0.717) is 11.1 Å². The van der Waals surface area contributed by atoms with Crippen molar-refractivity contribution in [2.75, 3.05) is 0 Å². The highest BCUT2D eigenvalue weighted by Gasteiger charge is 2.40. The number of alkyl halides is 2. The number of nitrogens with one attached hydrogen (secondary N) is 1.